The zero-order valence-corrected chi connectivity index (χ0v) is 27.7. The fraction of sp³-hybridized carbons (Fsp3) is 0.897. The fourth-order valence-corrected chi connectivity index (χ4v) is 10.1. The lowest BCUT2D eigenvalue weighted by Crippen LogP contribution is -2.37. The van der Waals surface area contributed by atoms with Crippen LogP contribution in [0.1, 0.15) is 148 Å². The largest absolute Gasteiger partial charge is 0.412 e. The number of ether oxygens (including phenoxy) is 1. The molecule has 0 aromatic heterocycles. The van der Waals surface area contributed by atoms with Gasteiger partial charge >= 0.3 is 6.18 Å². The van der Waals surface area contributed by atoms with Crippen LogP contribution in [-0.4, -0.2) is 18.9 Å². The summed E-state index contributed by atoms with van der Waals surface area (Å²) in [6.45, 7) is 3.15. The van der Waals surface area contributed by atoms with E-state index in [2.05, 4.69) is 19.1 Å². The molecule has 1 saturated heterocycles. The van der Waals surface area contributed by atoms with Gasteiger partial charge in [-0.25, -0.2) is 4.39 Å². The topological polar surface area (TPSA) is 9.23 Å². The number of hydrogen-bond donors (Lipinski definition) is 0. The van der Waals surface area contributed by atoms with Gasteiger partial charge in [-0.2, -0.15) is 13.2 Å². The summed E-state index contributed by atoms with van der Waals surface area (Å²) in [6.07, 6.45) is 28.3. The minimum atomic E-state index is -4.57. The highest BCUT2D eigenvalue weighted by Crippen LogP contribution is 2.45. The summed E-state index contributed by atoms with van der Waals surface area (Å²) in [5.41, 5.74) is 0. The average molecular weight is 623 g/mol. The van der Waals surface area contributed by atoms with E-state index in [0.29, 0.717) is 24.7 Å². The summed E-state index contributed by atoms with van der Waals surface area (Å²) in [6, 6.07) is 0. The van der Waals surface area contributed by atoms with Gasteiger partial charge in [-0.15, -0.1) is 0 Å². The van der Waals surface area contributed by atoms with Crippen LogP contribution in [0.4, 0.5) is 17.6 Å². The molecule has 5 heteroatoms. The standard InChI is InChI=1S/C39H62F4O/c1-2-3-4-5-28-8-14-31(15-9-28)32-16-10-29(11-17-32)6-7-30-12-18-33(19-13-30)36-24-25-38(44-27-36)35-22-20-34(21-23-35)37(40)26-39(41,42)43/h6-7,26,28-36,38H,2-5,8-25,27H2,1H3. The van der Waals surface area contributed by atoms with Crippen LogP contribution in [0.25, 0.3) is 0 Å². The van der Waals surface area contributed by atoms with Crippen LogP contribution < -0.4 is 0 Å². The van der Waals surface area contributed by atoms with Crippen molar-refractivity contribution >= 4 is 0 Å². The smallest absolute Gasteiger partial charge is 0.378 e. The Kier molecular flexibility index (Phi) is 13.2. The number of alkyl halides is 3. The second kappa shape index (κ2) is 16.8. The molecule has 1 heterocycles. The van der Waals surface area contributed by atoms with E-state index in [0.717, 1.165) is 61.4 Å². The first-order valence-electron chi connectivity index (χ1n) is 19.0. The number of hydrogen-bond acceptors (Lipinski definition) is 1. The highest BCUT2D eigenvalue weighted by Gasteiger charge is 2.37. The van der Waals surface area contributed by atoms with Crippen molar-refractivity contribution in [2.45, 2.75) is 160 Å². The molecule has 0 bridgehead atoms. The molecule has 0 N–H and O–H groups in total. The Balaban J connectivity index is 0.935. The molecule has 0 aromatic carbocycles. The normalized spacial score (nSPS) is 39.9. The predicted molar refractivity (Wildman–Crippen MR) is 173 cm³/mol. The second-order valence-corrected chi connectivity index (χ2v) is 15.9. The van der Waals surface area contributed by atoms with Gasteiger partial charge < -0.3 is 4.74 Å². The Morgan fingerprint density at radius 3 is 1.61 bits per heavy atom. The van der Waals surface area contributed by atoms with Crippen molar-refractivity contribution in [2.75, 3.05) is 6.61 Å². The maximum atomic E-state index is 14.0. The van der Waals surface area contributed by atoms with Gasteiger partial charge in [0, 0.05) is 5.92 Å². The van der Waals surface area contributed by atoms with E-state index in [4.69, 9.17) is 4.74 Å². The highest BCUT2D eigenvalue weighted by molar-refractivity contribution is 5.03. The van der Waals surface area contributed by atoms with Crippen molar-refractivity contribution in [1.29, 1.82) is 0 Å². The minimum absolute atomic E-state index is 0.143. The van der Waals surface area contributed by atoms with Crippen molar-refractivity contribution in [1.82, 2.24) is 0 Å². The van der Waals surface area contributed by atoms with Crippen LogP contribution in [0.5, 0.6) is 0 Å². The summed E-state index contributed by atoms with van der Waals surface area (Å²) in [4.78, 5) is 0. The SMILES string of the molecule is CCCCCC1CCC(C2CCC(C=CC3CCC(C4CCC(C5CCC(C(F)=CC(F)(F)F)CC5)OC4)CC3)CC2)CC1. The molecule has 5 aliphatic rings. The van der Waals surface area contributed by atoms with Gasteiger partial charge in [0.2, 0.25) is 0 Å². The maximum absolute atomic E-state index is 14.0. The molecule has 2 atom stereocenters. The van der Waals surface area contributed by atoms with Gasteiger partial charge in [-0.3, -0.25) is 0 Å². The number of allylic oxidation sites excluding steroid dienone is 4. The van der Waals surface area contributed by atoms with E-state index in [1.54, 1.807) is 0 Å². The summed E-state index contributed by atoms with van der Waals surface area (Å²) >= 11 is 0. The molecule has 4 aliphatic carbocycles. The van der Waals surface area contributed by atoms with Crippen LogP contribution >= 0.6 is 0 Å². The van der Waals surface area contributed by atoms with Crippen molar-refractivity contribution in [3.05, 3.63) is 24.1 Å². The van der Waals surface area contributed by atoms with Crippen LogP contribution in [0.15, 0.2) is 24.1 Å². The quantitative estimate of drug-likeness (QED) is 0.134. The average Bonchev–Trinajstić information content (AvgIpc) is 3.04. The Morgan fingerprint density at radius 1 is 0.614 bits per heavy atom. The number of rotatable bonds is 10. The van der Waals surface area contributed by atoms with Gasteiger partial charge in [0.1, 0.15) is 5.83 Å². The third-order valence-electron chi connectivity index (χ3n) is 13.1. The van der Waals surface area contributed by atoms with Gasteiger partial charge in [-0.1, -0.05) is 57.6 Å². The summed E-state index contributed by atoms with van der Waals surface area (Å²) in [7, 11) is 0. The Hall–Kier alpha value is -0.840. The molecule has 1 aliphatic heterocycles. The van der Waals surface area contributed by atoms with Gasteiger partial charge in [0.05, 0.1) is 18.8 Å². The molecule has 252 valence electrons. The third-order valence-corrected chi connectivity index (χ3v) is 13.1. The van der Waals surface area contributed by atoms with Crippen molar-refractivity contribution in [3.8, 4) is 0 Å². The molecule has 0 aromatic rings. The molecule has 5 rings (SSSR count). The lowest BCUT2D eigenvalue weighted by Gasteiger charge is -2.41. The zero-order chi connectivity index (χ0) is 30.9. The molecular weight excluding hydrogens is 560 g/mol. The lowest BCUT2D eigenvalue weighted by molar-refractivity contribution is -0.0832. The Morgan fingerprint density at radius 2 is 1.11 bits per heavy atom. The molecule has 2 unspecified atom stereocenters. The van der Waals surface area contributed by atoms with Crippen molar-refractivity contribution in [2.24, 2.45) is 53.3 Å². The predicted octanol–water partition coefficient (Wildman–Crippen LogP) is 12.6. The highest BCUT2D eigenvalue weighted by atomic mass is 19.4. The third kappa shape index (κ3) is 10.3. The van der Waals surface area contributed by atoms with E-state index in [1.165, 1.54) is 109 Å². The first kappa shape index (κ1) is 34.5. The van der Waals surface area contributed by atoms with Crippen LogP contribution in [-0.2, 0) is 4.74 Å². The lowest BCUT2D eigenvalue weighted by atomic mass is 9.68. The van der Waals surface area contributed by atoms with E-state index in [1.807, 2.05) is 0 Å². The van der Waals surface area contributed by atoms with E-state index >= 15 is 0 Å². The maximum Gasteiger partial charge on any atom is 0.412 e. The second-order valence-electron chi connectivity index (χ2n) is 15.9. The van der Waals surface area contributed by atoms with E-state index in [-0.39, 0.29) is 12.2 Å². The summed E-state index contributed by atoms with van der Waals surface area (Å²) in [5, 5.41) is 0. The molecule has 4 saturated carbocycles. The Bertz CT molecular complexity index is 870. The molecule has 0 amide bonds. The Labute approximate surface area is 266 Å². The minimum Gasteiger partial charge on any atom is -0.378 e. The van der Waals surface area contributed by atoms with Crippen LogP contribution in [0.3, 0.4) is 0 Å². The fourth-order valence-electron chi connectivity index (χ4n) is 10.1. The van der Waals surface area contributed by atoms with Crippen LogP contribution in [0.2, 0.25) is 0 Å². The van der Waals surface area contributed by atoms with Gasteiger partial charge in [0.15, 0.2) is 0 Å². The number of halogens is 4. The van der Waals surface area contributed by atoms with E-state index in [9.17, 15) is 17.6 Å². The molecule has 0 spiro atoms. The molecule has 0 radical (unpaired) electrons. The molecule has 1 nitrogen and oxygen atoms in total. The monoisotopic (exact) mass is 622 g/mol. The first-order chi connectivity index (χ1) is 21.3. The zero-order valence-electron chi connectivity index (χ0n) is 27.7. The van der Waals surface area contributed by atoms with Gasteiger partial charge in [0.25, 0.3) is 0 Å². The number of unbranched alkanes of at least 4 members (excludes halogenated alkanes) is 2. The van der Waals surface area contributed by atoms with Crippen molar-refractivity contribution in [3.63, 3.8) is 0 Å². The van der Waals surface area contributed by atoms with Crippen molar-refractivity contribution < 1.29 is 22.3 Å². The summed E-state index contributed by atoms with van der Waals surface area (Å²) < 4.78 is 58.0. The molecule has 44 heavy (non-hydrogen) atoms. The molecular formula is C39H62F4O. The molecule has 5 fully saturated rings. The van der Waals surface area contributed by atoms with Gasteiger partial charge in [-0.05, 0) is 150 Å². The first-order valence-corrected chi connectivity index (χ1v) is 19.0. The van der Waals surface area contributed by atoms with E-state index < -0.39 is 17.9 Å². The summed E-state index contributed by atoms with van der Waals surface area (Å²) in [5.74, 6) is 4.86. The van der Waals surface area contributed by atoms with Crippen LogP contribution in [0, 0.1) is 53.3 Å².